The summed E-state index contributed by atoms with van der Waals surface area (Å²) in [7, 11) is 2.99. The molecule has 0 aromatic heterocycles. The van der Waals surface area contributed by atoms with Gasteiger partial charge in [0.15, 0.2) is 0 Å². The summed E-state index contributed by atoms with van der Waals surface area (Å²) >= 11 is 0. The normalized spacial score (nSPS) is 10.2. The lowest BCUT2D eigenvalue weighted by Gasteiger charge is -2.23. The second-order valence-corrected chi connectivity index (χ2v) is 5.51. The summed E-state index contributed by atoms with van der Waals surface area (Å²) in [5.41, 5.74) is 0.819. The number of hydrogen-bond donors (Lipinski definition) is 1. The van der Waals surface area contributed by atoms with E-state index in [0.717, 1.165) is 0 Å². The number of nitrogens with one attached hydrogen (secondary N) is 1. The smallest absolute Gasteiger partial charge is 0.240 e. The van der Waals surface area contributed by atoms with Crippen molar-refractivity contribution in [1.29, 1.82) is 0 Å². The van der Waals surface area contributed by atoms with Crippen molar-refractivity contribution in [3.05, 3.63) is 53.8 Å². The topological polar surface area (TPSA) is 67.9 Å². The zero-order valence-electron chi connectivity index (χ0n) is 14.9. The fourth-order valence-corrected chi connectivity index (χ4v) is 2.41. The third kappa shape index (κ3) is 4.72. The van der Waals surface area contributed by atoms with Crippen molar-refractivity contribution in [1.82, 2.24) is 5.32 Å². The molecule has 6 nitrogen and oxygen atoms in total. The number of nitrogens with zero attached hydrogens (tertiary/aromatic N) is 1. The summed E-state index contributed by atoms with van der Waals surface area (Å²) in [6, 6.07) is 11.1. The number of anilines is 1. The van der Waals surface area contributed by atoms with Gasteiger partial charge in [-0.1, -0.05) is 18.2 Å². The van der Waals surface area contributed by atoms with Crippen molar-refractivity contribution in [2.75, 3.05) is 25.7 Å². The minimum atomic E-state index is -0.415. The first-order chi connectivity index (χ1) is 12.5. The molecule has 1 N–H and O–H groups in total. The number of carbonyl (C=O) groups excluding carboxylic acids is 2. The molecule has 0 unspecified atom stereocenters. The van der Waals surface area contributed by atoms with Crippen molar-refractivity contribution in [3.63, 3.8) is 0 Å². The Morgan fingerprint density at radius 3 is 2.46 bits per heavy atom. The fourth-order valence-electron chi connectivity index (χ4n) is 2.41. The molecule has 0 aliphatic heterocycles. The number of amides is 2. The lowest BCUT2D eigenvalue weighted by atomic mass is 10.2. The van der Waals surface area contributed by atoms with Crippen LogP contribution in [0.25, 0.3) is 0 Å². The molecule has 2 rings (SSSR count). The van der Waals surface area contributed by atoms with Gasteiger partial charge < -0.3 is 14.8 Å². The van der Waals surface area contributed by atoms with E-state index in [4.69, 9.17) is 9.47 Å². The van der Waals surface area contributed by atoms with Gasteiger partial charge in [0, 0.05) is 25.1 Å². The third-order valence-corrected chi connectivity index (χ3v) is 3.79. The van der Waals surface area contributed by atoms with Crippen LogP contribution in [0, 0.1) is 5.82 Å². The van der Waals surface area contributed by atoms with Crippen LogP contribution in [0.1, 0.15) is 12.5 Å². The molecule has 7 heteroatoms. The molecule has 0 heterocycles. The Bertz CT molecular complexity index is 795. The maximum atomic E-state index is 13.6. The maximum Gasteiger partial charge on any atom is 0.240 e. The molecule has 0 saturated heterocycles. The molecule has 0 saturated carbocycles. The maximum absolute atomic E-state index is 13.6. The van der Waals surface area contributed by atoms with Crippen molar-refractivity contribution >= 4 is 17.5 Å². The highest BCUT2D eigenvalue weighted by molar-refractivity contribution is 5.98. The molecule has 2 aromatic rings. The van der Waals surface area contributed by atoms with E-state index >= 15 is 0 Å². The average molecular weight is 360 g/mol. The van der Waals surface area contributed by atoms with Crippen LogP contribution in [0.4, 0.5) is 10.1 Å². The van der Waals surface area contributed by atoms with Gasteiger partial charge in [-0.15, -0.1) is 0 Å². The highest BCUT2D eigenvalue weighted by Crippen LogP contribution is 2.32. The van der Waals surface area contributed by atoms with Gasteiger partial charge in [-0.2, -0.15) is 0 Å². The van der Waals surface area contributed by atoms with Crippen molar-refractivity contribution in [3.8, 4) is 11.5 Å². The van der Waals surface area contributed by atoms with Crippen LogP contribution in [-0.2, 0) is 16.1 Å². The molecule has 26 heavy (non-hydrogen) atoms. The summed E-state index contributed by atoms with van der Waals surface area (Å²) in [6.07, 6.45) is 0. The van der Waals surface area contributed by atoms with Crippen molar-refractivity contribution < 1.29 is 23.5 Å². The van der Waals surface area contributed by atoms with Gasteiger partial charge in [0.2, 0.25) is 11.8 Å². The van der Waals surface area contributed by atoms with E-state index in [1.54, 1.807) is 36.4 Å². The lowest BCUT2D eigenvalue weighted by Crippen LogP contribution is -2.39. The largest absolute Gasteiger partial charge is 0.497 e. The first kappa shape index (κ1) is 19.2. The zero-order valence-corrected chi connectivity index (χ0v) is 14.9. The molecular weight excluding hydrogens is 339 g/mol. The van der Waals surface area contributed by atoms with Crippen LogP contribution in [-0.4, -0.2) is 32.6 Å². The predicted octanol–water partition coefficient (Wildman–Crippen LogP) is 2.51. The first-order valence-electron chi connectivity index (χ1n) is 7.96. The van der Waals surface area contributed by atoms with Crippen molar-refractivity contribution in [2.45, 2.75) is 13.5 Å². The van der Waals surface area contributed by atoms with E-state index in [1.807, 2.05) is 0 Å². The Hall–Kier alpha value is -3.09. The van der Waals surface area contributed by atoms with E-state index in [9.17, 15) is 14.0 Å². The fraction of sp³-hybridized carbons (Fsp3) is 0.263. The highest BCUT2D eigenvalue weighted by atomic mass is 19.1. The Morgan fingerprint density at radius 2 is 1.85 bits per heavy atom. The minimum Gasteiger partial charge on any atom is -0.497 e. The second-order valence-electron chi connectivity index (χ2n) is 5.51. The summed E-state index contributed by atoms with van der Waals surface area (Å²) in [4.78, 5) is 25.6. The summed E-state index contributed by atoms with van der Waals surface area (Å²) in [5.74, 6) is -0.163. The van der Waals surface area contributed by atoms with Gasteiger partial charge in [-0.3, -0.25) is 14.5 Å². The highest BCUT2D eigenvalue weighted by Gasteiger charge is 2.20. The molecule has 0 bridgehead atoms. The van der Waals surface area contributed by atoms with Crippen LogP contribution in [0.15, 0.2) is 42.5 Å². The minimum absolute atomic E-state index is 0.0387. The van der Waals surface area contributed by atoms with E-state index in [0.29, 0.717) is 22.7 Å². The van der Waals surface area contributed by atoms with Gasteiger partial charge in [0.25, 0.3) is 0 Å². The van der Waals surface area contributed by atoms with Crippen LogP contribution in [0.3, 0.4) is 0 Å². The number of benzene rings is 2. The molecule has 0 radical (unpaired) electrons. The summed E-state index contributed by atoms with van der Waals surface area (Å²) in [5, 5.41) is 2.62. The molecule has 0 atom stereocenters. The second kappa shape index (κ2) is 8.84. The van der Waals surface area contributed by atoms with E-state index < -0.39 is 11.7 Å². The van der Waals surface area contributed by atoms with Gasteiger partial charge in [0.1, 0.15) is 23.9 Å². The van der Waals surface area contributed by atoms with Crippen LogP contribution < -0.4 is 19.7 Å². The Morgan fingerprint density at radius 1 is 1.12 bits per heavy atom. The van der Waals surface area contributed by atoms with Gasteiger partial charge in [-0.25, -0.2) is 4.39 Å². The molecule has 2 aromatic carbocycles. The number of ether oxygens (including phenoxy) is 2. The lowest BCUT2D eigenvalue weighted by molar-refractivity contribution is -0.123. The van der Waals surface area contributed by atoms with E-state index in [1.165, 1.54) is 32.1 Å². The zero-order chi connectivity index (χ0) is 19.1. The third-order valence-electron chi connectivity index (χ3n) is 3.79. The van der Waals surface area contributed by atoms with E-state index in [-0.39, 0.29) is 19.0 Å². The van der Waals surface area contributed by atoms with Crippen molar-refractivity contribution in [2.24, 2.45) is 0 Å². The Labute approximate surface area is 151 Å². The number of halogens is 1. The Balaban J connectivity index is 2.12. The first-order valence-corrected chi connectivity index (χ1v) is 7.96. The molecule has 0 aliphatic rings. The van der Waals surface area contributed by atoms with Crippen LogP contribution >= 0.6 is 0 Å². The number of methoxy groups -OCH3 is 2. The monoisotopic (exact) mass is 360 g/mol. The molecule has 138 valence electrons. The number of rotatable bonds is 7. The molecule has 2 amide bonds. The number of hydrogen-bond acceptors (Lipinski definition) is 4. The van der Waals surface area contributed by atoms with Crippen LogP contribution in [0.2, 0.25) is 0 Å². The molecule has 0 fully saturated rings. The molecular formula is C19H21FN2O4. The summed E-state index contributed by atoms with van der Waals surface area (Å²) < 4.78 is 24.0. The van der Waals surface area contributed by atoms with Gasteiger partial charge >= 0.3 is 0 Å². The predicted molar refractivity (Wildman–Crippen MR) is 95.8 cm³/mol. The standard InChI is InChI=1S/C19H21FN2O4/c1-13(23)22(17-9-8-15(25-2)10-18(17)26-3)12-19(24)21-11-14-6-4-5-7-16(14)20/h4-10H,11-12H2,1-3H3,(H,21,24). The Kier molecular flexibility index (Phi) is 6.54. The summed E-state index contributed by atoms with van der Waals surface area (Å²) in [6.45, 7) is 1.18. The molecule has 0 spiro atoms. The SMILES string of the molecule is COc1ccc(N(CC(=O)NCc2ccccc2F)C(C)=O)c(OC)c1. The van der Waals surface area contributed by atoms with Crippen LogP contribution in [0.5, 0.6) is 11.5 Å². The number of carbonyl (C=O) groups is 2. The van der Waals surface area contributed by atoms with E-state index in [2.05, 4.69) is 5.32 Å². The van der Waals surface area contributed by atoms with Gasteiger partial charge in [0.05, 0.1) is 19.9 Å². The molecule has 0 aliphatic carbocycles. The quantitative estimate of drug-likeness (QED) is 0.824. The average Bonchev–Trinajstić information content (AvgIpc) is 2.64. The van der Waals surface area contributed by atoms with Gasteiger partial charge in [-0.05, 0) is 18.2 Å².